The zero-order valence-corrected chi connectivity index (χ0v) is 9.20. The van der Waals surface area contributed by atoms with E-state index in [9.17, 15) is 5.11 Å². The van der Waals surface area contributed by atoms with Crippen molar-refractivity contribution in [1.29, 1.82) is 0 Å². The fourth-order valence-electron chi connectivity index (χ4n) is 1.72. The maximum atomic E-state index is 9.76. The summed E-state index contributed by atoms with van der Waals surface area (Å²) in [5, 5.41) is 9.76. The van der Waals surface area contributed by atoms with Gasteiger partial charge in [0.05, 0.1) is 5.60 Å². The molecule has 0 saturated heterocycles. The third-order valence-electron chi connectivity index (χ3n) is 2.39. The molecule has 0 fully saturated rings. The summed E-state index contributed by atoms with van der Waals surface area (Å²) in [7, 11) is 0. The Morgan fingerprint density at radius 1 is 1.50 bits per heavy atom. The molecular weight excluding hydrogens is 174 g/mol. The second-order valence-corrected chi connectivity index (χ2v) is 4.41. The van der Waals surface area contributed by atoms with Gasteiger partial charge in [-0.05, 0) is 44.2 Å². The molecule has 2 heteroatoms. The second kappa shape index (κ2) is 4.56. The molecule has 1 unspecified atom stereocenters. The quantitative estimate of drug-likeness (QED) is 0.797. The van der Waals surface area contributed by atoms with Crippen molar-refractivity contribution in [3.8, 4) is 0 Å². The predicted molar refractivity (Wildman–Crippen MR) is 58.2 cm³/mol. The molecule has 2 nitrogen and oxygen atoms in total. The lowest BCUT2D eigenvalue weighted by Gasteiger charge is -2.24. The lowest BCUT2D eigenvalue weighted by molar-refractivity contribution is 0.0624. The van der Waals surface area contributed by atoms with Gasteiger partial charge in [0, 0.05) is 12.4 Å². The molecule has 0 aliphatic carbocycles. The van der Waals surface area contributed by atoms with E-state index in [2.05, 4.69) is 18.0 Å². The van der Waals surface area contributed by atoms with Crippen LogP contribution in [0.3, 0.4) is 0 Å². The number of hydrogen-bond acceptors (Lipinski definition) is 2. The third kappa shape index (κ3) is 3.46. The van der Waals surface area contributed by atoms with Gasteiger partial charge in [0.25, 0.3) is 0 Å². The van der Waals surface area contributed by atoms with E-state index in [4.69, 9.17) is 0 Å². The molecule has 0 bridgehead atoms. The Morgan fingerprint density at radius 2 is 2.21 bits per heavy atom. The van der Waals surface area contributed by atoms with E-state index in [0.717, 1.165) is 12.8 Å². The van der Waals surface area contributed by atoms with Crippen LogP contribution >= 0.6 is 0 Å². The van der Waals surface area contributed by atoms with Gasteiger partial charge in [-0.15, -0.1) is 0 Å². The van der Waals surface area contributed by atoms with Gasteiger partial charge in [-0.25, -0.2) is 0 Å². The van der Waals surface area contributed by atoms with Crippen LogP contribution in [-0.4, -0.2) is 15.7 Å². The first kappa shape index (κ1) is 11.2. The first-order chi connectivity index (χ1) is 6.53. The lowest BCUT2D eigenvalue weighted by Crippen LogP contribution is -2.22. The summed E-state index contributed by atoms with van der Waals surface area (Å²) < 4.78 is 0. The van der Waals surface area contributed by atoms with Gasteiger partial charge in [0.2, 0.25) is 0 Å². The molecule has 78 valence electrons. The molecule has 1 aromatic heterocycles. The molecule has 0 saturated carbocycles. The van der Waals surface area contributed by atoms with Crippen LogP contribution in [0.25, 0.3) is 0 Å². The van der Waals surface area contributed by atoms with E-state index in [1.165, 1.54) is 5.56 Å². The molecule has 0 spiro atoms. The van der Waals surface area contributed by atoms with Gasteiger partial charge < -0.3 is 5.11 Å². The molecule has 14 heavy (non-hydrogen) atoms. The summed E-state index contributed by atoms with van der Waals surface area (Å²) >= 11 is 0. The van der Waals surface area contributed by atoms with Crippen LogP contribution in [0.5, 0.6) is 0 Å². The number of nitrogens with zero attached hydrogens (tertiary/aromatic N) is 1. The SMILES string of the molecule is CCC(CC(C)(C)O)c1cccnc1. The summed E-state index contributed by atoms with van der Waals surface area (Å²) in [6.45, 7) is 5.85. The maximum Gasteiger partial charge on any atom is 0.0597 e. The highest BCUT2D eigenvalue weighted by molar-refractivity contribution is 5.14. The van der Waals surface area contributed by atoms with Crippen LogP contribution in [0.4, 0.5) is 0 Å². The van der Waals surface area contributed by atoms with Crippen molar-refractivity contribution in [2.75, 3.05) is 0 Å². The molecule has 0 aliphatic rings. The molecule has 1 heterocycles. The van der Waals surface area contributed by atoms with E-state index in [1.54, 1.807) is 6.20 Å². The normalized spacial score (nSPS) is 14.0. The average Bonchev–Trinajstić information content (AvgIpc) is 2.14. The second-order valence-electron chi connectivity index (χ2n) is 4.41. The largest absolute Gasteiger partial charge is 0.390 e. The Balaban J connectivity index is 2.73. The van der Waals surface area contributed by atoms with E-state index >= 15 is 0 Å². The standard InChI is InChI=1S/C12H19NO/c1-4-10(8-12(2,3)14)11-6-5-7-13-9-11/h5-7,9-10,14H,4,8H2,1-3H3. The minimum Gasteiger partial charge on any atom is -0.390 e. The van der Waals surface area contributed by atoms with Crippen molar-refractivity contribution in [3.05, 3.63) is 30.1 Å². The minimum atomic E-state index is -0.601. The summed E-state index contributed by atoms with van der Waals surface area (Å²) in [5.41, 5.74) is 0.619. The van der Waals surface area contributed by atoms with Crippen molar-refractivity contribution in [2.24, 2.45) is 0 Å². The van der Waals surface area contributed by atoms with Gasteiger partial charge in [-0.3, -0.25) is 4.98 Å². The van der Waals surface area contributed by atoms with Gasteiger partial charge in [0.15, 0.2) is 0 Å². The zero-order chi connectivity index (χ0) is 10.6. The summed E-state index contributed by atoms with van der Waals surface area (Å²) in [6, 6.07) is 4.02. The van der Waals surface area contributed by atoms with Crippen molar-refractivity contribution < 1.29 is 5.11 Å². The molecule has 1 atom stereocenters. The number of hydrogen-bond donors (Lipinski definition) is 1. The van der Waals surface area contributed by atoms with Crippen molar-refractivity contribution in [2.45, 2.75) is 45.1 Å². The molecule has 1 rings (SSSR count). The van der Waals surface area contributed by atoms with Gasteiger partial charge in [0.1, 0.15) is 0 Å². The summed E-state index contributed by atoms with van der Waals surface area (Å²) in [4.78, 5) is 4.10. The van der Waals surface area contributed by atoms with E-state index in [-0.39, 0.29) is 0 Å². The third-order valence-corrected chi connectivity index (χ3v) is 2.39. The fraction of sp³-hybridized carbons (Fsp3) is 0.583. The number of pyridine rings is 1. The topological polar surface area (TPSA) is 33.1 Å². The van der Waals surface area contributed by atoms with Crippen LogP contribution in [0.1, 0.15) is 45.1 Å². The summed E-state index contributed by atoms with van der Waals surface area (Å²) in [5.74, 6) is 0.406. The Morgan fingerprint density at radius 3 is 2.64 bits per heavy atom. The Kier molecular flexibility index (Phi) is 3.64. The van der Waals surface area contributed by atoms with E-state index < -0.39 is 5.60 Å². The van der Waals surface area contributed by atoms with E-state index in [0.29, 0.717) is 5.92 Å². The van der Waals surface area contributed by atoms with Crippen LogP contribution in [0.2, 0.25) is 0 Å². The van der Waals surface area contributed by atoms with Crippen molar-refractivity contribution >= 4 is 0 Å². The minimum absolute atomic E-state index is 0.406. The molecule has 0 radical (unpaired) electrons. The number of aliphatic hydroxyl groups is 1. The number of aromatic nitrogens is 1. The smallest absolute Gasteiger partial charge is 0.0597 e. The van der Waals surface area contributed by atoms with Gasteiger partial charge in [-0.1, -0.05) is 13.0 Å². The first-order valence-corrected chi connectivity index (χ1v) is 5.15. The van der Waals surface area contributed by atoms with Crippen LogP contribution in [0, 0.1) is 0 Å². The first-order valence-electron chi connectivity index (χ1n) is 5.15. The molecular formula is C12H19NO. The average molecular weight is 193 g/mol. The van der Waals surface area contributed by atoms with Gasteiger partial charge >= 0.3 is 0 Å². The summed E-state index contributed by atoms with van der Waals surface area (Å²) in [6.07, 6.45) is 5.49. The Bertz CT molecular complexity index is 263. The zero-order valence-electron chi connectivity index (χ0n) is 9.20. The number of rotatable bonds is 4. The molecule has 0 aliphatic heterocycles. The van der Waals surface area contributed by atoms with E-state index in [1.807, 2.05) is 26.1 Å². The van der Waals surface area contributed by atoms with Crippen molar-refractivity contribution in [3.63, 3.8) is 0 Å². The molecule has 0 amide bonds. The maximum absolute atomic E-state index is 9.76. The highest BCUT2D eigenvalue weighted by atomic mass is 16.3. The highest BCUT2D eigenvalue weighted by Crippen LogP contribution is 2.27. The fourth-order valence-corrected chi connectivity index (χ4v) is 1.72. The monoisotopic (exact) mass is 193 g/mol. The molecule has 1 aromatic rings. The Labute approximate surface area is 86.0 Å². The molecule has 1 N–H and O–H groups in total. The van der Waals surface area contributed by atoms with Gasteiger partial charge in [-0.2, -0.15) is 0 Å². The van der Waals surface area contributed by atoms with Crippen LogP contribution in [0.15, 0.2) is 24.5 Å². The lowest BCUT2D eigenvalue weighted by atomic mass is 9.87. The highest BCUT2D eigenvalue weighted by Gasteiger charge is 2.20. The van der Waals surface area contributed by atoms with Crippen LogP contribution < -0.4 is 0 Å². The van der Waals surface area contributed by atoms with Crippen molar-refractivity contribution in [1.82, 2.24) is 4.98 Å². The Hall–Kier alpha value is -0.890. The van der Waals surface area contributed by atoms with Crippen LogP contribution in [-0.2, 0) is 0 Å². The molecule has 0 aromatic carbocycles. The predicted octanol–water partition coefficient (Wildman–Crippen LogP) is 2.74.